The number of para-hydroxylation sites is 1. The van der Waals surface area contributed by atoms with Crippen LogP contribution in [0.4, 0.5) is 5.82 Å². The van der Waals surface area contributed by atoms with Gasteiger partial charge in [0.1, 0.15) is 10.8 Å². The van der Waals surface area contributed by atoms with Crippen molar-refractivity contribution >= 4 is 34.0 Å². The van der Waals surface area contributed by atoms with Gasteiger partial charge in [-0.25, -0.2) is 14.8 Å². The third kappa shape index (κ3) is 2.85. The van der Waals surface area contributed by atoms with Gasteiger partial charge in [-0.1, -0.05) is 18.2 Å². The number of aromatic nitrogens is 2. The van der Waals surface area contributed by atoms with Gasteiger partial charge in [-0.2, -0.15) is 0 Å². The fraction of sp³-hybridized carbons (Fsp3) is 0.133. The Kier molecular flexibility index (Phi) is 3.53. The van der Waals surface area contributed by atoms with Crippen molar-refractivity contribution in [2.75, 3.05) is 5.32 Å². The van der Waals surface area contributed by atoms with E-state index in [1.54, 1.807) is 29.5 Å². The first-order valence-corrected chi connectivity index (χ1v) is 7.23. The van der Waals surface area contributed by atoms with Crippen LogP contribution in [0.1, 0.15) is 20.2 Å². The predicted octanol–water partition coefficient (Wildman–Crippen LogP) is 3.31. The SMILES string of the molecule is Cc1cnc(CNc2cc(C(=O)O)c3ccccc3n2)s1. The second kappa shape index (κ2) is 5.49. The van der Waals surface area contributed by atoms with E-state index in [0.717, 1.165) is 9.88 Å². The van der Waals surface area contributed by atoms with Crippen molar-refractivity contribution in [2.45, 2.75) is 13.5 Å². The Labute approximate surface area is 125 Å². The molecule has 21 heavy (non-hydrogen) atoms. The topological polar surface area (TPSA) is 75.1 Å². The van der Waals surface area contributed by atoms with Crippen molar-refractivity contribution in [1.29, 1.82) is 0 Å². The molecule has 0 bridgehead atoms. The van der Waals surface area contributed by atoms with E-state index >= 15 is 0 Å². The summed E-state index contributed by atoms with van der Waals surface area (Å²) in [5.41, 5.74) is 0.911. The molecule has 3 aromatic rings. The standard InChI is InChI=1S/C15H13N3O2S/c1-9-7-17-14(21-9)8-16-13-6-11(15(19)20)10-4-2-3-5-12(10)18-13/h2-7H,8H2,1H3,(H,16,18)(H,19,20). The van der Waals surface area contributed by atoms with Crippen molar-refractivity contribution in [2.24, 2.45) is 0 Å². The summed E-state index contributed by atoms with van der Waals surface area (Å²) in [6.07, 6.45) is 1.82. The van der Waals surface area contributed by atoms with Gasteiger partial charge >= 0.3 is 5.97 Å². The van der Waals surface area contributed by atoms with E-state index in [0.29, 0.717) is 23.3 Å². The number of carboxylic acids is 1. The molecule has 2 aromatic heterocycles. The summed E-state index contributed by atoms with van der Waals surface area (Å²) < 4.78 is 0. The molecule has 0 atom stereocenters. The number of carbonyl (C=O) groups is 1. The molecule has 0 fully saturated rings. The maximum Gasteiger partial charge on any atom is 0.336 e. The molecule has 0 aliphatic heterocycles. The van der Waals surface area contributed by atoms with Crippen LogP contribution in [0.25, 0.3) is 10.9 Å². The van der Waals surface area contributed by atoms with Crippen LogP contribution in [0.15, 0.2) is 36.5 Å². The van der Waals surface area contributed by atoms with Crippen LogP contribution >= 0.6 is 11.3 Å². The highest BCUT2D eigenvalue weighted by molar-refractivity contribution is 7.11. The number of aryl methyl sites for hydroxylation is 1. The van der Waals surface area contributed by atoms with Crippen molar-refractivity contribution in [3.05, 3.63) is 52.0 Å². The van der Waals surface area contributed by atoms with Gasteiger partial charge in [0.2, 0.25) is 0 Å². The quantitative estimate of drug-likeness (QED) is 0.773. The van der Waals surface area contributed by atoms with E-state index in [-0.39, 0.29) is 5.56 Å². The van der Waals surface area contributed by atoms with Crippen LogP contribution in [0, 0.1) is 6.92 Å². The Balaban J connectivity index is 1.93. The molecule has 1 aromatic carbocycles. The third-order valence-electron chi connectivity index (χ3n) is 3.04. The number of nitrogens with zero attached hydrogens (tertiary/aromatic N) is 2. The Bertz CT molecular complexity index is 814. The average Bonchev–Trinajstić information content (AvgIpc) is 2.89. The van der Waals surface area contributed by atoms with Gasteiger partial charge < -0.3 is 10.4 Å². The first-order valence-electron chi connectivity index (χ1n) is 6.42. The van der Waals surface area contributed by atoms with Gasteiger partial charge in [-0.15, -0.1) is 11.3 Å². The van der Waals surface area contributed by atoms with Crippen molar-refractivity contribution < 1.29 is 9.90 Å². The molecule has 0 spiro atoms. The molecule has 0 amide bonds. The molecule has 2 N–H and O–H groups in total. The smallest absolute Gasteiger partial charge is 0.336 e. The van der Waals surface area contributed by atoms with Gasteiger partial charge in [-0.3, -0.25) is 0 Å². The van der Waals surface area contributed by atoms with Gasteiger partial charge in [0.15, 0.2) is 0 Å². The fourth-order valence-electron chi connectivity index (χ4n) is 2.09. The van der Waals surface area contributed by atoms with Gasteiger partial charge in [0, 0.05) is 16.5 Å². The van der Waals surface area contributed by atoms with E-state index in [1.807, 2.05) is 25.3 Å². The number of hydrogen-bond acceptors (Lipinski definition) is 5. The van der Waals surface area contributed by atoms with E-state index in [1.165, 1.54) is 0 Å². The number of nitrogens with one attached hydrogen (secondary N) is 1. The number of hydrogen-bond donors (Lipinski definition) is 2. The molecule has 6 heteroatoms. The van der Waals surface area contributed by atoms with Gasteiger partial charge in [-0.05, 0) is 19.1 Å². The molecule has 0 aliphatic carbocycles. The normalized spacial score (nSPS) is 10.7. The molecule has 0 saturated heterocycles. The van der Waals surface area contributed by atoms with Gasteiger partial charge in [0.05, 0.1) is 17.6 Å². The summed E-state index contributed by atoms with van der Waals surface area (Å²) in [6, 6.07) is 8.78. The van der Waals surface area contributed by atoms with E-state index in [2.05, 4.69) is 15.3 Å². The number of carboxylic acid groups (broad SMARTS) is 1. The Morgan fingerprint density at radius 1 is 1.38 bits per heavy atom. The number of rotatable bonds is 4. The number of fused-ring (bicyclic) bond motifs is 1. The zero-order valence-electron chi connectivity index (χ0n) is 11.3. The summed E-state index contributed by atoms with van der Waals surface area (Å²) in [7, 11) is 0. The molecule has 3 rings (SSSR count). The predicted molar refractivity (Wildman–Crippen MR) is 82.9 cm³/mol. The van der Waals surface area contributed by atoms with Crippen LogP contribution in [0.5, 0.6) is 0 Å². The second-order valence-electron chi connectivity index (χ2n) is 4.60. The maximum atomic E-state index is 11.4. The van der Waals surface area contributed by atoms with Crippen molar-refractivity contribution in [3.63, 3.8) is 0 Å². The highest BCUT2D eigenvalue weighted by Gasteiger charge is 2.11. The monoisotopic (exact) mass is 299 g/mol. The highest BCUT2D eigenvalue weighted by atomic mass is 32.1. The lowest BCUT2D eigenvalue weighted by Crippen LogP contribution is -2.05. The number of benzene rings is 1. The Hall–Kier alpha value is -2.47. The molecule has 0 aliphatic rings. The number of anilines is 1. The minimum absolute atomic E-state index is 0.249. The van der Waals surface area contributed by atoms with Crippen LogP contribution in [0.3, 0.4) is 0 Å². The van der Waals surface area contributed by atoms with Crippen LogP contribution in [-0.4, -0.2) is 21.0 Å². The van der Waals surface area contributed by atoms with Crippen LogP contribution < -0.4 is 5.32 Å². The summed E-state index contributed by atoms with van der Waals surface area (Å²) in [6.45, 7) is 2.53. The van der Waals surface area contributed by atoms with E-state index < -0.39 is 5.97 Å². The maximum absolute atomic E-state index is 11.4. The molecule has 0 saturated carbocycles. The largest absolute Gasteiger partial charge is 0.478 e. The highest BCUT2D eigenvalue weighted by Crippen LogP contribution is 2.21. The van der Waals surface area contributed by atoms with Crippen molar-refractivity contribution in [3.8, 4) is 0 Å². The van der Waals surface area contributed by atoms with Gasteiger partial charge in [0.25, 0.3) is 0 Å². The second-order valence-corrected chi connectivity index (χ2v) is 5.91. The number of thiazole rings is 1. The average molecular weight is 299 g/mol. The summed E-state index contributed by atoms with van der Waals surface area (Å²) in [4.78, 5) is 21.2. The zero-order chi connectivity index (χ0) is 14.8. The third-order valence-corrected chi connectivity index (χ3v) is 3.95. The summed E-state index contributed by atoms with van der Waals surface area (Å²) in [5, 5.41) is 14.0. The Morgan fingerprint density at radius 3 is 2.90 bits per heavy atom. The molecule has 106 valence electrons. The zero-order valence-corrected chi connectivity index (χ0v) is 12.1. The van der Waals surface area contributed by atoms with Crippen LogP contribution in [-0.2, 0) is 6.54 Å². The molecule has 0 radical (unpaired) electrons. The molecule has 2 heterocycles. The minimum Gasteiger partial charge on any atom is -0.478 e. The lowest BCUT2D eigenvalue weighted by atomic mass is 10.1. The summed E-state index contributed by atoms with van der Waals surface area (Å²) >= 11 is 1.60. The number of pyridine rings is 1. The molecule has 0 unspecified atom stereocenters. The first kappa shape index (κ1) is 13.5. The number of aromatic carboxylic acids is 1. The lowest BCUT2D eigenvalue weighted by molar-refractivity contribution is 0.0699. The first-order chi connectivity index (χ1) is 10.1. The van der Waals surface area contributed by atoms with E-state index in [4.69, 9.17) is 0 Å². The molecule has 5 nitrogen and oxygen atoms in total. The summed E-state index contributed by atoms with van der Waals surface area (Å²) in [5.74, 6) is -0.416. The Morgan fingerprint density at radius 2 is 2.19 bits per heavy atom. The fourth-order valence-corrected chi connectivity index (χ4v) is 2.82. The molecular weight excluding hydrogens is 286 g/mol. The molecular formula is C15H13N3O2S. The minimum atomic E-state index is -0.957. The lowest BCUT2D eigenvalue weighted by Gasteiger charge is -2.08. The van der Waals surface area contributed by atoms with E-state index in [9.17, 15) is 9.90 Å². The van der Waals surface area contributed by atoms with Crippen LogP contribution in [0.2, 0.25) is 0 Å². The van der Waals surface area contributed by atoms with Crippen molar-refractivity contribution in [1.82, 2.24) is 9.97 Å².